The number of nitrogens with zero attached hydrogens (tertiary/aromatic N) is 1. The molecule has 5 nitrogen and oxygen atoms in total. The number of hydrogen-bond donors (Lipinski definition) is 3. The maximum atomic E-state index is 5.83. The molecule has 0 aromatic carbocycles. The second kappa shape index (κ2) is 6.51. The van der Waals surface area contributed by atoms with E-state index in [-0.39, 0.29) is 0 Å². The van der Waals surface area contributed by atoms with Crippen LogP contribution in [0.1, 0.15) is 12.8 Å². The van der Waals surface area contributed by atoms with Gasteiger partial charge in [-0.2, -0.15) is 0 Å². The van der Waals surface area contributed by atoms with Crippen molar-refractivity contribution >= 4 is 0 Å². The highest BCUT2D eigenvalue weighted by Gasteiger charge is 2.17. The lowest BCUT2D eigenvalue weighted by Crippen LogP contribution is -2.53. The minimum absolute atomic E-state index is 0.345. The lowest BCUT2D eigenvalue weighted by molar-refractivity contribution is 0.0378. The van der Waals surface area contributed by atoms with Gasteiger partial charge in [0.1, 0.15) is 0 Å². The van der Waals surface area contributed by atoms with Gasteiger partial charge in [-0.25, -0.2) is 0 Å². The molecule has 0 aromatic rings. The van der Waals surface area contributed by atoms with Crippen molar-refractivity contribution < 1.29 is 4.74 Å². The standard InChI is InChI=1S/C11H24N4O/c12-10-1-2-11(14-9-10)13-3-4-15-5-7-16-8-6-15/h10-11,13-14H,1-9,12H2. The first-order valence-corrected chi connectivity index (χ1v) is 6.37. The van der Waals surface area contributed by atoms with Gasteiger partial charge < -0.3 is 21.1 Å². The first-order chi connectivity index (χ1) is 7.84. The van der Waals surface area contributed by atoms with Crippen molar-refractivity contribution in [3.05, 3.63) is 0 Å². The van der Waals surface area contributed by atoms with Gasteiger partial charge in [0.2, 0.25) is 0 Å². The monoisotopic (exact) mass is 228 g/mol. The van der Waals surface area contributed by atoms with E-state index in [0.717, 1.165) is 58.8 Å². The second-order valence-electron chi connectivity index (χ2n) is 4.71. The number of nitrogens with one attached hydrogen (secondary N) is 2. The summed E-state index contributed by atoms with van der Waals surface area (Å²) in [5.74, 6) is 0. The zero-order valence-corrected chi connectivity index (χ0v) is 9.95. The van der Waals surface area contributed by atoms with Crippen molar-refractivity contribution in [3.8, 4) is 0 Å². The molecule has 2 unspecified atom stereocenters. The fraction of sp³-hybridized carbons (Fsp3) is 1.00. The largest absolute Gasteiger partial charge is 0.379 e. The van der Waals surface area contributed by atoms with Crippen molar-refractivity contribution in [1.82, 2.24) is 15.5 Å². The molecule has 2 saturated heterocycles. The van der Waals surface area contributed by atoms with Gasteiger partial charge in [-0.3, -0.25) is 4.90 Å². The average molecular weight is 228 g/mol. The van der Waals surface area contributed by atoms with Crippen molar-refractivity contribution in [3.63, 3.8) is 0 Å². The topological polar surface area (TPSA) is 62.5 Å². The summed E-state index contributed by atoms with van der Waals surface area (Å²) in [6, 6.07) is 0.345. The molecule has 0 bridgehead atoms. The summed E-state index contributed by atoms with van der Waals surface area (Å²) in [7, 11) is 0. The Hall–Kier alpha value is -0.200. The molecule has 0 radical (unpaired) electrons. The van der Waals surface area contributed by atoms with Crippen LogP contribution in [0.3, 0.4) is 0 Å². The zero-order chi connectivity index (χ0) is 11.2. The Morgan fingerprint density at radius 3 is 2.81 bits per heavy atom. The van der Waals surface area contributed by atoms with Crippen LogP contribution >= 0.6 is 0 Å². The van der Waals surface area contributed by atoms with E-state index in [1.54, 1.807) is 0 Å². The first-order valence-electron chi connectivity index (χ1n) is 6.37. The molecule has 5 heteroatoms. The van der Waals surface area contributed by atoms with E-state index in [4.69, 9.17) is 10.5 Å². The molecule has 0 amide bonds. The number of ether oxygens (including phenoxy) is 1. The van der Waals surface area contributed by atoms with E-state index in [1.165, 1.54) is 0 Å². The van der Waals surface area contributed by atoms with Gasteiger partial charge in [0.15, 0.2) is 0 Å². The maximum absolute atomic E-state index is 5.83. The van der Waals surface area contributed by atoms with Gasteiger partial charge in [0.05, 0.1) is 19.4 Å². The fourth-order valence-corrected chi connectivity index (χ4v) is 2.27. The van der Waals surface area contributed by atoms with Crippen LogP contribution in [-0.2, 0) is 4.74 Å². The van der Waals surface area contributed by atoms with Crippen LogP contribution in [0.25, 0.3) is 0 Å². The summed E-state index contributed by atoms with van der Waals surface area (Å²) in [5, 5.41) is 6.97. The number of morpholine rings is 1. The lowest BCUT2D eigenvalue weighted by atomic mass is 10.1. The van der Waals surface area contributed by atoms with E-state index in [9.17, 15) is 0 Å². The van der Waals surface area contributed by atoms with E-state index in [2.05, 4.69) is 15.5 Å². The van der Waals surface area contributed by atoms with Crippen LogP contribution in [0, 0.1) is 0 Å². The van der Waals surface area contributed by atoms with E-state index in [1.807, 2.05) is 0 Å². The Morgan fingerprint density at radius 2 is 2.12 bits per heavy atom. The first kappa shape index (κ1) is 12.3. The molecule has 0 aliphatic carbocycles. The smallest absolute Gasteiger partial charge is 0.0594 e. The van der Waals surface area contributed by atoms with Crippen LogP contribution in [0.15, 0.2) is 0 Å². The Morgan fingerprint density at radius 1 is 1.31 bits per heavy atom. The third-order valence-electron chi connectivity index (χ3n) is 3.38. The van der Waals surface area contributed by atoms with Gasteiger partial charge >= 0.3 is 0 Å². The zero-order valence-electron chi connectivity index (χ0n) is 9.95. The molecule has 2 rings (SSSR count). The highest BCUT2D eigenvalue weighted by Crippen LogP contribution is 2.03. The molecule has 2 atom stereocenters. The molecule has 2 aliphatic rings. The SMILES string of the molecule is NC1CCC(NCCN2CCOCC2)NC1. The molecule has 2 heterocycles. The number of nitrogens with two attached hydrogens (primary N) is 1. The minimum atomic E-state index is 0.345. The quantitative estimate of drug-likeness (QED) is 0.573. The average Bonchev–Trinajstić information content (AvgIpc) is 2.33. The van der Waals surface area contributed by atoms with Crippen molar-refractivity contribution in [2.24, 2.45) is 5.73 Å². The molecule has 16 heavy (non-hydrogen) atoms. The fourth-order valence-electron chi connectivity index (χ4n) is 2.27. The molecule has 2 aliphatic heterocycles. The summed E-state index contributed by atoms with van der Waals surface area (Å²) in [5.41, 5.74) is 5.83. The Bertz CT molecular complexity index is 188. The normalized spacial score (nSPS) is 32.8. The predicted molar refractivity (Wildman–Crippen MR) is 64.3 cm³/mol. The third-order valence-corrected chi connectivity index (χ3v) is 3.38. The second-order valence-corrected chi connectivity index (χ2v) is 4.71. The molecule has 0 saturated carbocycles. The van der Waals surface area contributed by atoms with Crippen LogP contribution in [-0.4, -0.2) is 63.0 Å². The summed E-state index contributed by atoms with van der Waals surface area (Å²) in [6.45, 7) is 7.03. The van der Waals surface area contributed by atoms with Gasteiger partial charge in [-0.1, -0.05) is 0 Å². The Kier molecular flexibility index (Phi) is 4.99. The van der Waals surface area contributed by atoms with E-state index < -0.39 is 0 Å². The molecule has 94 valence electrons. The number of piperidine rings is 1. The van der Waals surface area contributed by atoms with Crippen molar-refractivity contribution in [2.45, 2.75) is 25.0 Å². The van der Waals surface area contributed by atoms with Crippen LogP contribution in [0.2, 0.25) is 0 Å². The lowest BCUT2D eigenvalue weighted by Gasteiger charge is -2.30. The molecular weight excluding hydrogens is 204 g/mol. The summed E-state index contributed by atoms with van der Waals surface area (Å²) in [4.78, 5) is 2.45. The summed E-state index contributed by atoms with van der Waals surface area (Å²) < 4.78 is 5.32. The van der Waals surface area contributed by atoms with Crippen LogP contribution in [0.5, 0.6) is 0 Å². The Labute approximate surface area is 97.7 Å². The molecular formula is C11H24N4O. The third kappa shape index (κ3) is 3.99. The van der Waals surface area contributed by atoms with Gasteiger partial charge in [0, 0.05) is 38.8 Å². The summed E-state index contributed by atoms with van der Waals surface area (Å²) in [6.07, 6.45) is 2.73. The summed E-state index contributed by atoms with van der Waals surface area (Å²) >= 11 is 0. The Balaban J connectivity index is 1.53. The number of hydrogen-bond acceptors (Lipinski definition) is 5. The van der Waals surface area contributed by atoms with E-state index >= 15 is 0 Å². The van der Waals surface area contributed by atoms with Gasteiger partial charge in [-0.05, 0) is 12.8 Å². The van der Waals surface area contributed by atoms with Crippen molar-refractivity contribution in [2.75, 3.05) is 45.9 Å². The van der Waals surface area contributed by atoms with Crippen LogP contribution < -0.4 is 16.4 Å². The van der Waals surface area contributed by atoms with Crippen LogP contribution in [0.4, 0.5) is 0 Å². The highest BCUT2D eigenvalue weighted by atomic mass is 16.5. The maximum Gasteiger partial charge on any atom is 0.0594 e. The van der Waals surface area contributed by atoms with Gasteiger partial charge in [0.25, 0.3) is 0 Å². The minimum Gasteiger partial charge on any atom is -0.379 e. The molecule has 2 fully saturated rings. The van der Waals surface area contributed by atoms with E-state index in [0.29, 0.717) is 12.2 Å². The molecule has 0 spiro atoms. The predicted octanol–water partition coefficient (Wildman–Crippen LogP) is -1.05. The molecule has 0 aromatic heterocycles. The number of rotatable bonds is 4. The van der Waals surface area contributed by atoms with Crippen molar-refractivity contribution in [1.29, 1.82) is 0 Å². The molecule has 4 N–H and O–H groups in total. The van der Waals surface area contributed by atoms with Gasteiger partial charge in [-0.15, -0.1) is 0 Å². The highest BCUT2D eigenvalue weighted by molar-refractivity contribution is 4.78.